The van der Waals surface area contributed by atoms with Gasteiger partial charge in [-0.15, -0.1) is 0 Å². The maximum Gasteiger partial charge on any atom is 0.135 e. The Morgan fingerprint density at radius 3 is 3.08 bits per heavy atom. The molecule has 2 nitrogen and oxygen atoms in total. The van der Waals surface area contributed by atoms with Crippen LogP contribution in [0.15, 0.2) is 33.4 Å². The van der Waals surface area contributed by atoms with Gasteiger partial charge in [-0.2, -0.15) is 0 Å². The van der Waals surface area contributed by atoms with Gasteiger partial charge >= 0.3 is 0 Å². The average Bonchev–Trinajstić information content (AvgIpc) is 2.51. The number of fused-ring (bicyclic) bond motifs is 1. The highest BCUT2D eigenvalue weighted by atomic mass is 79.9. The number of halogens is 1. The second-order valence-electron chi connectivity index (χ2n) is 2.74. The number of rotatable bonds is 2. The zero-order valence-electron chi connectivity index (χ0n) is 6.79. The van der Waals surface area contributed by atoms with Crippen LogP contribution in [0.25, 0.3) is 11.0 Å². The summed E-state index contributed by atoms with van der Waals surface area (Å²) in [5.74, 6) is 0. The van der Waals surface area contributed by atoms with Gasteiger partial charge in [-0.05, 0) is 12.1 Å². The first-order chi connectivity index (χ1) is 6.33. The monoisotopic (exact) mass is 238 g/mol. The first-order valence-corrected chi connectivity index (χ1v) is 4.70. The van der Waals surface area contributed by atoms with E-state index in [9.17, 15) is 4.79 Å². The summed E-state index contributed by atoms with van der Waals surface area (Å²) >= 11 is 3.42. The third-order valence-electron chi connectivity index (χ3n) is 1.93. The lowest BCUT2D eigenvalue weighted by molar-refractivity contribution is -0.107. The van der Waals surface area contributed by atoms with Gasteiger partial charge in [0.15, 0.2) is 0 Å². The molecule has 0 amide bonds. The Labute approximate surface area is 83.7 Å². The van der Waals surface area contributed by atoms with Crippen molar-refractivity contribution in [1.82, 2.24) is 0 Å². The summed E-state index contributed by atoms with van der Waals surface area (Å²) in [5.41, 5.74) is 1.74. The van der Waals surface area contributed by atoms with Gasteiger partial charge in [0.25, 0.3) is 0 Å². The van der Waals surface area contributed by atoms with Crippen LogP contribution in [-0.2, 0) is 11.2 Å². The van der Waals surface area contributed by atoms with Crippen molar-refractivity contribution >= 4 is 33.2 Å². The number of hydrogen-bond acceptors (Lipinski definition) is 2. The summed E-state index contributed by atoms with van der Waals surface area (Å²) in [6.45, 7) is 0. The van der Waals surface area contributed by atoms with E-state index in [0.29, 0.717) is 6.42 Å². The van der Waals surface area contributed by atoms with Gasteiger partial charge in [0, 0.05) is 21.8 Å². The van der Waals surface area contributed by atoms with E-state index in [2.05, 4.69) is 15.9 Å². The average molecular weight is 239 g/mol. The fourth-order valence-corrected chi connectivity index (χ4v) is 1.95. The summed E-state index contributed by atoms with van der Waals surface area (Å²) in [6, 6.07) is 5.72. The Morgan fingerprint density at radius 2 is 2.31 bits per heavy atom. The normalized spacial score (nSPS) is 10.5. The minimum atomic E-state index is 0.398. The van der Waals surface area contributed by atoms with Crippen LogP contribution < -0.4 is 0 Å². The molecule has 0 radical (unpaired) electrons. The van der Waals surface area contributed by atoms with Crippen LogP contribution in [0.2, 0.25) is 0 Å². The van der Waals surface area contributed by atoms with Crippen LogP contribution >= 0.6 is 15.9 Å². The van der Waals surface area contributed by atoms with E-state index >= 15 is 0 Å². The standard InChI is InChI=1S/C10H7BrO2/c11-8-2-1-3-9-10(8)7(4-5-12)6-13-9/h1-3,5-6H,4H2. The zero-order chi connectivity index (χ0) is 9.26. The van der Waals surface area contributed by atoms with Gasteiger partial charge in [0.05, 0.1) is 6.26 Å². The zero-order valence-corrected chi connectivity index (χ0v) is 8.37. The lowest BCUT2D eigenvalue weighted by Crippen LogP contribution is -1.82. The third kappa shape index (κ3) is 1.40. The number of aldehydes is 1. The number of carbonyl (C=O) groups excluding carboxylic acids is 1. The minimum Gasteiger partial charge on any atom is -0.464 e. The lowest BCUT2D eigenvalue weighted by Gasteiger charge is -1.93. The quantitative estimate of drug-likeness (QED) is 0.754. The molecule has 0 aliphatic rings. The van der Waals surface area contributed by atoms with Crippen LogP contribution in [0, 0.1) is 0 Å². The van der Waals surface area contributed by atoms with Gasteiger partial charge in [-0.3, -0.25) is 0 Å². The first-order valence-electron chi connectivity index (χ1n) is 3.91. The van der Waals surface area contributed by atoms with Crippen LogP contribution in [0.4, 0.5) is 0 Å². The summed E-state index contributed by atoms with van der Waals surface area (Å²) in [4.78, 5) is 10.4. The molecule has 3 heteroatoms. The molecule has 0 aliphatic heterocycles. The molecule has 0 bridgehead atoms. The Morgan fingerprint density at radius 1 is 1.46 bits per heavy atom. The minimum absolute atomic E-state index is 0.398. The van der Waals surface area contributed by atoms with Crippen LogP contribution in [0.3, 0.4) is 0 Å². The number of benzene rings is 1. The number of carbonyl (C=O) groups is 1. The molecule has 13 heavy (non-hydrogen) atoms. The fourth-order valence-electron chi connectivity index (χ4n) is 1.35. The van der Waals surface area contributed by atoms with E-state index < -0.39 is 0 Å². The van der Waals surface area contributed by atoms with E-state index in [-0.39, 0.29) is 0 Å². The Kier molecular flexibility index (Phi) is 2.19. The van der Waals surface area contributed by atoms with E-state index in [1.165, 1.54) is 0 Å². The maximum absolute atomic E-state index is 10.4. The smallest absolute Gasteiger partial charge is 0.135 e. The van der Waals surface area contributed by atoms with E-state index in [0.717, 1.165) is 27.3 Å². The molecule has 0 saturated heterocycles. The van der Waals surface area contributed by atoms with Crippen molar-refractivity contribution in [3.8, 4) is 0 Å². The van der Waals surface area contributed by atoms with Gasteiger partial charge in [0.1, 0.15) is 11.9 Å². The van der Waals surface area contributed by atoms with Gasteiger partial charge in [-0.25, -0.2) is 0 Å². The van der Waals surface area contributed by atoms with Crippen molar-refractivity contribution in [1.29, 1.82) is 0 Å². The molecule has 0 aliphatic carbocycles. The van der Waals surface area contributed by atoms with Crippen LogP contribution in [0.5, 0.6) is 0 Å². The van der Waals surface area contributed by atoms with Crippen molar-refractivity contribution in [3.63, 3.8) is 0 Å². The SMILES string of the molecule is O=CCc1coc2cccc(Br)c12. The van der Waals surface area contributed by atoms with Crippen molar-refractivity contribution in [2.75, 3.05) is 0 Å². The molecule has 1 aromatic heterocycles. The van der Waals surface area contributed by atoms with Gasteiger partial charge < -0.3 is 9.21 Å². The molecular formula is C10H7BrO2. The predicted molar refractivity (Wildman–Crippen MR) is 53.7 cm³/mol. The second-order valence-corrected chi connectivity index (χ2v) is 3.60. The van der Waals surface area contributed by atoms with E-state index in [1.807, 2.05) is 18.2 Å². The topological polar surface area (TPSA) is 30.2 Å². The molecule has 0 fully saturated rings. The van der Waals surface area contributed by atoms with Crippen LogP contribution in [0.1, 0.15) is 5.56 Å². The molecule has 1 heterocycles. The number of hydrogen-bond donors (Lipinski definition) is 0. The molecule has 0 saturated carbocycles. The molecule has 0 unspecified atom stereocenters. The van der Waals surface area contributed by atoms with Crippen molar-refractivity contribution < 1.29 is 9.21 Å². The number of furan rings is 1. The summed E-state index contributed by atoms with van der Waals surface area (Å²) in [6.07, 6.45) is 2.91. The van der Waals surface area contributed by atoms with Crippen molar-refractivity contribution in [2.24, 2.45) is 0 Å². The fraction of sp³-hybridized carbons (Fsp3) is 0.100. The summed E-state index contributed by atoms with van der Waals surface area (Å²) < 4.78 is 6.26. The highest BCUT2D eigenvalue weighted by Gasteiger charge is 2.07. The lowest BCUT2D eigenvalue weighted by atomic mass is 10.1. The summed E-state index contributed by atoms with van der Waals surface area (Å²) in [7, 11) is 0. The molecule has 0 spiro atoms. The van der Waals surface area contributed by atoms with Crippen LogP contribution in [-0.4, -0.2) is 6.29 Å². The summed E-state index contributed by atoms with van der Waals surface area (Å²) in [5, 5.41) is 0.995. The first kappa shape index (κ1) is 8.51. The molecular weight excluding hydrogens is 232 g/mol. The molecule has 1 aromatic carbocycles. The van der Waals surface area contributed by atoms with Crippen molar-refractivity contribution in [3.05, 3.63) is 34.5 Å². The second kappa shape index (κ2) is 3.34. The molecule has 66 valence electrons. The Balaban J connectivity index is 2.70. The molecule has 2 rings (SSSR count). The Bertz CT molecular complexity index is 445. The molecule has 0 atom stereocenters. The van der Waals surface area contributed by atoms with E-state index in [1.54, 1.807) is 6.26 Å². The largest absolute Gasteiger partial charge is 0.464 e. The molecule has 2 aromatic rings. The van der Waals surface area contributed by atoms with Crippen molar-refractivity contribution in [2.45, 2.75) is 6.42 Å². The Hall–Kier alpha value is -1.09. The van der Waals surface area contributed by atoms with E-state index in [4.69, 9.17) is 4.42 Å². The maximum atomic E-state index is 10.4. The highest BCUT2D eigenvalue weighted by molar-refractivity contribution is 9.10. The van der Waals surface area contributed by atoms with Gasteiger partial charge in [0.2, 0.25) is 0 Å². The highest BCUT2D eigenvalue weighted by Crippen LogP contribution is 2.28. The third-order valence-corrected chi connectivity index (χ3v) is 2.59. The van der Waals surface area contributed by atoms with Gasteiger partial charge in [-0.1, -0.05) is 22.0 Å². The molecule has 0 N–H and O–H groups in total. The predicted octanol–water partition coefficient (Wildman–Crippen LogP) is 2.94.